The minimum absolute atomic E-state index is 0.317. The van der Waals surface area contributed by atoms with Crippen molar-refractivity contribution in [1.29, 1.82) is 0 Å². The quantitative estimate of drug-likeness (QED) is 0.906. The van der Waals surface area contributed by atoms with Crippen molar-refractivity contribution in [2.45, 2.75) is 56.4 Å². The van der Waals surface area contributed by atoms with Crippen molar-refractivity contribution >= 4 is 5.91 Å². The lowest BCUT2D eigenvalue weighted by molar-refractivity contribution is -0.128. The number of carbonyl (C=O) groups excluding carboxylic acids is 1. The summed E-state index contributed by atoms with van der Waals surface area (Å²) < 4.78 is 0. The summed E-state index contributed by atoms with van der Waals surface area (Å²) in [5.41, 5.74) is 1.93. The predicted octanol–water partition coefficient (Wildman–Crippen LogP) is 3.10. The van der Waals surface area contributed by atoms with Crippen molar-refractivity contribution in [1.82, 2.24) is 10.2 Å². The molecule has 23 heavy (non-hydrogen) atoms. The summed E-state index contributed by atoms with van der Waals surface area (Å²) in [5, 5.41) is 3.29. The van der Waals surface area contributed by atoms with Crippen LogP contribution in [0.2, 0.25) is 0 Å². The molecule has 0 bridgehead atoms. The average molecular weight is 312 g/mol. The summed E-state index contributed by atoms with van der Waals surface area (Å²) in [4.78, 5) is 14.7. The van der Waals surface area contributed by atoms with Crippen LogP contribution in [0.1, 0.15) is 50.5 Å². The maximum Gasteiger partial charge on any atom is 0.223 e. The maximum atomic E-state index is 12.1. The zero-order valence-corrected chi connectivity index (χ0v) is 14.0. The van der Waals surface area contributed by atoms with Crippen molar-refractivity contribution in [3.63, 3.8) is 0 Å². The minimum atomic E-state index is 0.317. The molecule has 1 heterocycles. The van der Waals surface area contributed by atoms with Gasteiger partial charge in [-0.3, -0.25) is 4.79 Å². The van der Waals surface area contributed by atoms with Gasteiger partial charge in [0.05, 0.1) is 0 Å². The third-order valence-corrected chi connectivity index (χ3v) is 6.18. The van der Waals surface area contributed by atoms with E-state index in [0.717, 1.165) is 38.8 Å². The van der Waals surface area contributed by atoms with Gasteiger partial charge in [-0.15, -0.1) is 0 Å². The molecule has 0 atom stereocenters. The van der Waals surface area contributed by atoms with Gasteiger partial charge in [-0.2, -0.15) is 0 Å². The first-order valence-corrected chi connectivity index (χ1v) is 9.33. The Kier molecular flexibility index (Phi) is 4.14. The van der Waals surface area contributed by atoms with Gasteiger partial charge in [-0.1, -0.05) is 36.8 Å². The first kappa shape index (κ1) is 15.2. The van der Waals surface area contributed by atoms with E-state index in [1.165, 1.54) is 31.4 Å². The highest BCUT2D eigenvalue weighted by atomic mass is 16.2. The fraction of sp³-hybridized carbons (Fsp3) is 0.650. The molecule has 1 aliphatic heterocycles. The molecule has 0 aromatic heterocycles. The van der Waals surface area contributed by atoms with Crippen LogP contribution in [0.4, 0.5) is 0 Å². The molecule has 1 saturated heterocycles. The summed E-state index contributed by atoms with van der Waals surface area (Å²) >= 11 is 0. The molecule has 3 aliphatic rings. The Morgan fingerprint density at radius 3 is 2.35 bits per heavy atom. The largest absolute Gasteiger partial charge is 0.353 e. The lowest BCUT2D eigenvalue weighted by Crippen LogP contribution is -2.48. The average Bonchev–Trinajstić information content (AvgIpc) is 3.29. The van der Waals surface area contributed by atoms with Crippen molar-refractivity contribution < 1.29 is 4.79 Å². The first-order valence-electron chi connectivity index (χ1n) is 9.33. The van der Waals surface area contributed by atoms with E-state index < -0.39 is 0 Å². The Morgan fingerprint density at radius 2 is 1.78 bits per heavy atom. The van der Waals surface area contributed by atoms with Gasteiger partial charge in [0.2, 0.25) is 5.91 Å². The van der Waals surface area contributed by atoms with Gasteiger partial charge < -0.3 is 10.2 Å². The Hall–Kier alpha value is -1.35. The molecule has 0 unspecified atom stereocenters. The fourth-order valence-electron chi connectivity index (χ4n) is 4.13. The maximum absolute atomic E-state index is 12.1. The lowest BCUT2D eigenvalue weighted by atomic mass is 9.84. The van der Waals surface area contributed by atoms with Crippen molar-refractivity contribution in [3.05, 3.63) is 35.9 Å². The molecule has 4 rings (SSSR count). The zero-order valence-electron chi connectivity index (χ0n) is 14.0. The number of carbonyl (C=O) groups is 1. The van der Waals surface area contributed by atoms with Crippen molar-refractivity contribution in [2.75, 3.05) is 19.6 Å². The second-order valence-electron chi connectivity index (χ2n) is 7.83. The normalized spacial score (nSPS) is 24.9. The van der Waals surface area contributed by atoms with Crippen LogP contribution in [0.15, 0.2) is 30.3 Å². The molecule has 1 aromatic rings. The van der Waals surface area contributed by atoms with Crippen molar-refractivity contribution in [3.8, 4) is 0 Å². The van der Waals surface area contributed by atoms with E-state index in [0.29, 0.717) is 23.3 Å². The Morgan fingerprint density at radius 1 is 1.09 bits per heavy atom. The smallest absolute Gasteiger partial charge is 0.223 e. The molecular weight excluding hydrogens is 284 g/mol. The Bertz CT molecular complexity index is 540. The van der Waals surface area contributed by atoms with Gasteiger partial charge in [0, 0.05) is 37.0 Å². The number of hydrogen-bond acceptors (Lipinski definition) is 2. The second kappa shape index (κ2) is 6.27. The van der Waals surface area contributed by atoms with Gasteiger partial charge in [-0.25, -0.2) is 0 Å². The van der Waals surface area contributed by atoms with Crippen LogP contribution in [0.25, 0.3) is 0 Å². The van der Waals surface area contributed by atoms with E-state index in [-0.39, 0.29) is 0 Å². The lowest BCUT2D eigenvalue weighted by Gasteiger charge is -2.36. The summed E-state index contributed by atoms with van der Waals surface area (Å²) in [7, 11) is 0. The van der Waals surface area contributed by atoms with Gasteiger partial charge in [0.25, 0.3) is 0 Å². The molecule has 2 saturated carbocycles. The van der Waals surface area contributed by atoms with E-state index in [9.17, 15) is 4.79 Å². The third kappa shape index (κ3) is 3.30. The predicted molar refractivity (Wildman–Crippen MR) is 92.3 cm³/mol. The number of amides is 1. The van der Waals surface area contributed by atoms with E-state index >= 15 is 0 Å². The SMILES string of the molecule is O=C(NC1CCN(CC2(c3ccccc3)CC2)CC1)C1CCC1. The minimum Gasteiger partial charge on any atom is -0.353 e. The van der Waals surface area contributed by atoms with E-state index in [4.69, 9.17) is 0 Å². The van der Waals surface area contributed by atoms with Gasteiger partial charge >= 0.3 is 0 Å². The van der Waals surface area contributed by atoms with Crippen LogP contribution in [-0.2, 0) is 10.2 Å². The third-order valence-electron chi connectivity index (χ3n) is 6.18. The molecule has 3 fully saturated rings. The molecular formula is C20H28N2O. The summed E-state index contributed by atoms with van der Waals surface area (Å²) in [6.07, 6.45) is 8.32. The topological polar surface area (TPSA) is 32.3 Å². The molecule has 3 heteroatoms. The highest BCUT2D eigenvalue weighted by Crippen LogP contribution is 2.48. The number of benzene rings is 1. The highest BCUT2D eigenvalue weighted by molar-refractivity contribution is 5.79. The van der Waals surface area contributed by atoms with Gasteiger partial charge in [-0.05, 0) is 44.1 Å². The first-order chi connectivity index (χ1) is 11.3. The van der Waals surface area contributed by atoms with E-state index in [1.54, 1.807) is 0 Å². The van der Waals surface area contributed by atoms with Crippen LogP contribution < -0.4 is 5.32 Å². The molecule has 1 amide bonds. The Balaban J connectivity index is 1.26. The monoisotopic (exact) mass is 312 g/mol. The van der Waals surface area contributed by atoms with E-state index in [1.807, 2.05) is 0 Å². The summed E-state index contributed by atoms with van der Waals surface area (Å²) in [6, 6.07) is 11.4. The molecule has 2 aliphatic carbocycles. The molecule has 1 aromatic carbocycles. The number of rotatable bonds is 5. The van der Waals surface area contributed by atoms with Crippen molar-refractivity contribution in [2.24, 2.45) is 5.92 Å². The van der Waals surface area contributed by atoms with Crippen LogP contribution >= 0.6 is 0 Å². The molecule has 0 radical (unpaired) electrons. The van der Waals surface area contributed by atoms with Crippen LogP contribution in [0.3, 0.4) is 0 Å². The molecule has 124 valence electrons. The number of nitrogens with one attached hydrogen (secondary N) is 1. The summed E-state index contributed by atoms with van der Waals surface area (Å²) in [6.45, 7) is 3.45. The zero-order chi connectivity index (χ0) is 15.7. The van der Waals surface area contributed by atoms with Crippen LogP contribution in [0.5, 0.6) is 0 Å². The highest BCUT2D eigenvalue weighted by Gasteiger charge is 2.45. The standard InChI is InChI=1S/C20H28N2O/c23-19(16-5-4-6-16)21-18-9-13-22(14-10-18)15-20(11-12-20)17-7-2-1-3-8-17/h1-3,7-8,16,18H,4-6,9-15H2,(H,21,23). The fourth-order valence-corrected chi connectivity index (χ4v) is 4.13. The molecule has 3 nitrogen and oxygen atoms in total. The summed E-state index contributed by atoms with van der Waals surface area (Å²) in [5.74, 6) is 0.637. The number of nitrogens with zero attached hydrogens (tertiary/aromatic N) is 1. The van der Waals surface area contributed by atoms with E-state index in [2.05, 4.69) is 40.5 Å². The molecule has 0 spiro atoms. The number of piperidine rings is 1. The Labute approximate surface area is 139 Å². The molecule has 1 N–H and O–H groups in total. The number of likely N-dealkylation sites (tertiary alicyclic amines) is 1. The van der Waals surface area contributed by atoms with Crippen LogP contribution in [0, 0.1) is 5.92 Å². The van der Waals surface area contributed by atoms with Gasteiger partial charge in [0.15, 0.2) is 0 Å². The van der Waals surface area contributed by atoms with Crippen LogP contribution in [-0.4, -0.2) is 36.5 Å². The second-order valence-corrected chi connectivity index (χ2v) is 7.83. The van der Waals surface area contributed by atoms with Gasteiger partial charge in [0.1, 0.15) is 0 Å². The number of hydrogen-bond donors (Lipinski definition) is 1.